The van der Waals surface area contributed by atoms with E-state index in [1.54, 1.807) is 0 Å². The summed E-state index contributed by atoms with van der Waals surface area (Å²) in [7, 11) is -2.59. The van der Waals surface area contributed by atoms with Gasteiger partial charge in [-0.05, 0) is 12.2 Å². The predicted octanol–water partition coefficient (Wildman–Crippen LogP) is -0.131. The average Bonchev–Trinajstić information content (AvgIpc) is 2.30. The van der Waals surface area contributed by atoms with Crippen molar-refractivity contribution in [1.82, 2.24) is 0 Å². The molecule has 0 bridgehead atoms. The van der Waals surface area contributed by atoms with Crippen molar-refractivity contribution in [3.05, 3.63) is 0 Å². The Kier molecular flexibility index (Phi) is 0.337. The summed E-state index contributed by atoms with van der Waals surface area (Å²) >= 11 is 0. The van der Waals surface area contributed by atoms with Crippen LogP contribution in [-0.4, -0.2) is 17.2 Å². The molecule has 0 aliphatic heterocycles. The van der Waals surface area contributed by atoms with Crippen LogP contribution in [0.4, 0.5) is 0 Å². The highest BCUT2D eigenvalue weighted by molar-refractivity contribution is 6.41. The third-order valence-electron chi connectivity index (χ3n) is 0.523. The summed E-state index contributed by atoms with van der Waals surface area (Å²) in [6.07, 6.45) is -8.51. The van der Waals surface area contributed by atoms with Crippen LogP contribution in [0, 0.1) is 5.89 Å². The largest absolute Gasteiger partial charge is 0.451 e. The van der Waals surface area contributed by atoms with Crippen molar-refractivity contribution in [2.45, 2.75) is 19.0 Å². The lowest BCUT2D eigenvalue weighted by atomic mass is 9.83. The van der Waals surface area contributed by atoms with Crippen LogP contribution < -0.4 is 0 Å². The van der Waals surface area contributed by atoms with E-state index in [-0.39, 0.29) is 0 Å². The molecule has 0 unspecified atom stereocenters. The summed E-state index contributed by atoms with van der Waals surface area (Å²) in [6, 6.07) is 0. The monoisotopic (exact) mass is 107 g/mol. The van der Waals surface area contributed by atoms with E-state index in [0.717, 1.165) is 0 Å². The predicted molar refractivity (Wildman–Crippen MR) is 27.7 cm³/mol. The lowest BCUT2D eigenvalue weighted by Gasteiger charge is -1.90. The molecule has 1 rings (SSSR count). The first-order valence-electron chi connectivity index (χ1n) is 5.31. The topological polar surface area (TPSA) is 40.5 Å². The average molecular weight is 107 g/mol. The summed E-state index contributed by atoms with van der Waals surface area (Å²) in [6.45, 7) is 0. The van der Waals surface area contributed by atoms with Crippen LogP contribution in [0.25, 0.3) is 0 Å². The van der Waals surface area contributed by atoms with E-state index >= 15 is 0 Å². The minimum atomic E-state index is -3.06. The third-order valence-corrected chi connectivity index (χ3v) is 0.523. The molecule has 1 saturated carbocycles. The van der Waals surface area contributed by atoms with E-state index in [1.165, 1.54) is 0 Å². The molecule has 0 aromatic carbocycles. The summed E-state index contributed by atoms with van der Waals surface area (Å²) in [5, 5.41) is 17.3. The molecule has 0 atom stereocenters. The van der Waals surface area contributed by atoms with Gasteiger partial charge in [0.15, 0.2) is 0 Å². The second-order valence-electron chi connectivity index (χ2n) is 1.14. The van der Waals surface area contributed by atoms with Gasteiger partial charge in [0, 0.05) is 9.60 Å². The van der Waals surface area contributed by atoms with Gasteiger partial charge in [-0.1, -0.05) is 12.7 Å². The molecule has 1 aliphatic rings. The molecule has 1 fully saturated rings. The molecule has 0 spiro atoms. The first-order valence-corrected chi connectivity index (χ1v) is 1.81. The van der Waals surface area contributed by atoms with Crippen LogP contribution >= 0.6 is 0 Å². The molecule has 2 N–H and O–H groups in total. The van der Waals surface area contributed by atoms with Gasteiger partial charge in [-0.2, -0.15) is 0 Å². The van der Waals surface area contributed by atoms with Crippen molar-refractivity contribution in [3.63, 3.8) is 0 Å². The van der Waals surface area contributed by atoms with Crippen molar-refractivity contribution in [3.8, 4) is 0 Å². The van der Waals surface area contributed by atoms with Crippen LogP contribution in [0.1, 0.15) is 22.3 Å². The Hall–Kier alpha value is -0.0151. The highest BCUT2D eigenvalue weighted by atomic mass is 16.4. The fourth-order valence-corrected chi connectivity index (χ4v) is 0.233. The third kappa shape index (κ3) is 1.95. The Morgan fingerprint density at radius 2 is 2.57 bits per heavy atom. The Labute approximate surface area is 53.1 Å². The molecule has 7 heavy (non-hydrogen) atoms. The van der Waals surface area contributed by atoms with Crippen molar-refractivity contribution < 1.29 is 19.6 Å². The molecule has 0 radical (unpaired) electrons. The number of hydrogen-bond donors (Lipinski definition) is 2. The zero-order chi connectivity index (χ0) is 11.6. The molecule has 1 aliphatic carbocycles. The van der Waals surface area contributed by atoms with Gasteiger partial charge in [-0.15, -0.1) is 0 Å². The van der Waals surface area contributed by atoms with Gasteiger partial charge < -0.3 is 10.0 Å². The van der Waals surface area contributed by atoms with Crippen molar-refractivity contribution in [2.24, 2.45) is 5.89 Å². The van der Waals surface area contributed by atoms with Crippen molar-refractivity contribution >= 4 is 7.12 Å². The molecule has 3 heteroatoms. The minimum Gasteiger partial charge on any atom is -0.427 e. The van der Waals surface area contributed by atoms with Gasteiger partial charge in [-0.3, -0.25) is 0 Å². The van der Waals surface area contributed by atoms with Gasteiger partial charge in [0.05, 0.1) is 0 Å². The zero-order valence-corrected chi connectivity index (χ0v) is 3.47. The summed E-state index contributed by atoms with van der Waals surface area (Å²) in [5.74, 6) is -2.79. The fourth-order valence-electron chi connectivity index (χ4n) is 0.233. The van der Waals surface area contributed by atoms with E-state index in [2.05, 4.69) is 0 Å². The summed E-state index contributed by atoms with van der Waals surface area (Å²) < 4.78 is 49.9. The Morgan fingerprint density at radius 1 is 2.00 bits per heavy atom. The highest BCUT2D eigenvalue weighted by Gasteiger charge is 2.25. The molecule has 0 aromatic heterocycles. The first kappa shape index (κ1) is 1.28. The molecule has 2 nitrogen and oxygen atoms in total. The Morgan fingerprint density at radius 3 is 2.71 bits per heavy atom. The smallest absolute Gasteiger partial charge is 0.427 e. The second kappa shape index (κ2) is 1.84. The maximum absolute atomic E-state index is 8.65. The first-order chi connectivity index (χ1) is 5.94. The SMILES string of the molecule is [2H]C([2H])(B(O)O)C1([2H])C([2H])([2H])C1([2H])[2H]. The standard InChI is InChI=1S/C4H9BO2/c6-5(7)3-4-1-2-4/h4,6-7H,1-3H2/i1D2,2D2,3D2,4D. The van der Waals surface area contributed by atoms with Crippen molar-refractivity contribution in [1.29, 1.82) is 0 Å². The van der Waals surface area contributed by atoms with Crippen molar-refractivity contribution in [2.75, 3.05) is 0 Å². The quantitative estimate of drug-likeness (QED) is 0.482. The number of rotatable bonds is 2. The fraction of sp³-hybridized carbons (Fsp3) is 1.00. The molecule has 0 saturated heterocycles. The van der Waals surface area contributed by atoms with Gasteiger partial charge in [0.2, 0.25) is 0 Å². The van der Waals surface area contributed by atoms with Gasteiger partial charge in [0.25, 0.3) is 0 Å². The maximum atomic E-state index is 8.65. The maximum Gasteiger partial charge on any atom is 0.451 e. The van der Waals surface area contributed by atoms with E-state index < -0.39 is 32.0 Å². The number of hydrogen-bond acceptors (Lipinski definition) is 2. The lowest BCUT2D eigenvalue weighted by Crippen LogP contribution is -2.10. The zero-order valence-electron chi connectivity index (χ0n) is 10.5. The van der Waals surface area contributed by atoms with Gasteiger partial charge in [-0.25, -0.2) is 0 Å². The molecular weight excluding hydrogens is 90.9 g/mol. The van der Waals surface area contributed by atoms with E-state index in [1.807, 2.05) is 0 Å². The normalized spacial score (nSPS) is 55.4. The van der Waals surface area contributed by atoms with Crippen LogP contribution in [0.3, 0.4) is 0 Å². The molecule has 0 amide bonds. The highest BCUT2D eigenvalue weighted by Crippen LogP contribution is 2.33. The van der Waals surface area contributed by atoms with E-state index in [4.69, 9.17) is 19.6 Å². The lowest BCUT2D eigenvalue weighted by molar-refractivity contribution is 0.401. The molecular formula is C4H9BO2. The van der Waals surface area contributed by atoms with Crippen LogP contribution in [0.2, 0.25) is 6.27 Å². The Bertz CT molecular complexity index is 250. The Balaban J connectivity index is 3.14. The second-order valence-corrected chi connectivity index (χ2v) is 1.14. The molecule has 0 aromatic rings. The van der Waals surface area contributed by atoms with Crippen LogP contribution in [0.5, 0.6) is 0 Å². The van der Waals surface area contributed by atoms with Gasteiger partial charge in [0.1, 0.15) is 0 Å². The van der Waals surface area contributed by atoms with E-state index in [9.17, 15) is 0 Å². The van der Waals surface area contributed by atoms with Crippen LogP contribution in [-0.2, 0) is 0 Å². The minimum absolute atomic E-state index is 2.59. The summed E-state index contributed by atoms with van der Waals surface area (Å²) in [5.41, 5.74) is 0. The molecule has 40 valence electrons. The molecule has 0 heterocycles. The summed E-state index contributed by atoms with van der Waals surface area (Å²) in [4.78, 5) is 0. The van der Waals surface area contributed by atoms with Gasteiger partial charge >= 0.3 is 7.12 Å². The van der Waals surface area contributed by atoms with Crippen LogP contribution in [0.15, 0.2) is 0 Å². The van der Waals surface area contributed by atoms with E-state index in [0.29, 0.717) is 0 Å².